The quantitative estimate of drug-likeness (QED) is 0.0700. The van der Waals surface area contributed by atoms with Crippen LogP contribution in [0.2, 0.25) is 0 Å². The summed E-state index contributed by atoms with van der Waals surface area (Å²) in [5.74, 6) is -5.17. The third-order valence-corrected chi connectivity index (χ3v) is 8.14. The summed E-state index contributed by atoms with van der Waals surface area (Å²) in [5.41, 5.74) is 1.80. The van der Waals surface area contributed by atoms with Crippen molar-refractivity contribution in [3.63, 3.8) is 0 Å². The third kappa shape index (κ3) is 9.36. The number of aliphatic hydroxyl groups excluding tert-OH is 1. The Bertz CT molecular complexity index is 1940. The normalized spacial score (nSPS) is 16.1. The van der Waals surface area contributed by atoms with E-state index in [0.29, 0.717) is 22.2 Å². The number of imidazole rings is 1. The topological polar surface area (TPSA) is 268 Å². The number of aromatic amines is 2. The van der Waals surface area contributed by atoms with Gasteiger partial charge in [0.15, 0.2) is 0 Å². The molecule has 0 bridgehead atoms. The minimum atomic E-state index is -1.64. The predicted octanol–water partition coefficient (Wildman–Crippen LogP) is -0.651. The van der Waals surface area contributed by atoms with Crippen LogP contribution in [0.25, 0.3) is 17.0 Å². The number of rotatable bonds is 15. The molecule has 0 saturated carbocycles. The zero-order valence-electron chi connectivity index (χ0n) is 27.0. The van der Waals surface area contributed by atoms with Crippen LogP contribution in [0, 0.1) is 0 Å². The van der Waals surface area contributed by atoms with E-state index in [9.17, 15) is 44.1 Å². The summed E-state index contributed by atoms with van der Waals surface area (Å²) < 4.78 is 0. The molecule has 1 aliphatic heterocycles. The van der Waals surface area contributed by atoms with Gasteiger partial charge in [0.05, 0.1) is 12.9 Å². The summed E-state index contributed by atoms with van der Waals surface area (Å²) in [4.78, 5) is 87.3. The maximum absolute atomic E-state index is 13.8. The van der Waals surface area contributed by atoms with Gasteiger partial charge in [-0.05, 0) is 36.3 Å². The Morgan fingerprint density at radius 1 is 0.922 bits per heavy atom. The number of benzene rings is 2. The highest BCUT2D eigenvalue weighted by Crippen LogP contribution is 2.20. The number of nitrogens with one attached hydrogen (secondary N) is 7. The van der Waals surface area contributed by atoms with E-state index in [1.165, 1.54) is 42.9 Å². The zero-order valence-corrected chi connectivity index (χ0v) is 27.0. The van der Waals surface area contributed by atoms with Crippen LogP contribution in [-0.4, -0.2) is 96.6 Å². The van der Waals surface area contributed by atoms with Crippen LogP contribution in [0.4, 0.5) is 0 Å². The van der Waals surface area contributed by atoms with Crippen LogP contribution in [0.5, 0.6) is 5.75 Å². The number of fused-ring (bicyclic) bond motifs is 1. The molecule has 4 aromatic rings. The average Bonchev–Trinajstić information content (AvgIpc) is 3.89. The molecule has 1 aliphatic rings. The van der Waals surface area contributed by atoms with Gasteiger partial charge < -0.3 is 51.9 Å². The van der Waals surface area contributed by atoms with Crippen LogP contribution in [0.3, 0.4) is 0 Å². The summed E-state index contributed by atoms with van der Waals surface area (Å²) in [6.45, 7) is -0.928. The second-order valence-corrected chi connectivity index (χ2v) is 11.8. The van der Waals surface area contributed by atoms with Gasteiger partial charge >= 0.3 is 5.97 Å². The molecule has 266 valence electrons. The van der Waals surface area contributed by atoms with Crippen LogP contribution in [0.1, 0.15) is 29.7 Å². The van der Waals surface area contributed by atoms with E-state index in [0.717, 1.165) is 5.52 Å². The molecule has 0 unspecified atom stereocenters. The number of phenolic OH excluding ortho intramolecular Hbond substituents is 1. The summed E-state index contributed by atoms with van der Waals surface area (Å²) in [7, 11) is 0. The number of carboxylic acids is 1. The van der Waals surface area contributed by atoms with Crippen LogP contribution >= 0.6 is 0 Å². The molecule has 1 saturated heterocycles. The van der Waals surface area contributed by atoms with Gasteiger partial charge in [-0.2, -0.15) is 0 Å². The summed E-state index contributed by atoms with van der Waals surface area (Å²) in [6, 6.07) is 7.62. The molecule has 3 heterocycles. The predicted molar refractivity (Wildman–Crippen MR) is 180 cm³/mol. The van der Waals surface area contributed by atoms with Crippen molar-refractivity contribution in [2.24, 2.45) is 0 Å². The number of aliphatic hydroxyl groups is 1. The highest BCUT2D eigenvalue weighted by molar-refractivity contribution is 6.06. The standard InChI is InChI=1S/C34H36N8O9/c43-16-28(33(49)41-27(34(50)51)11-18-5-7-21(44)8-6-18)42-31(47)25(12-19-14-36-23-4-2-1-3-22(19)23)39-32(48)26(13-20-15-35-17-37-20)40-30(46)24-9-10-29(45)38-24/h1-8,12,14-15,17,24,26-28,36,43-44H,9-11,13,16H2,(H,35,37)(H,38,45)(H,39,48)(H,40,46)(H,41,49)(H,42,47)(H,50,51)/b25-12-/t24-,26-,27-,28-/m0/s1. The van der Waals surface area contributed by atoms with E-state index < -0.39 is 60.4 Å². The van der Waals surface area contributed by atoms with Gasteiger partial charge in [0.2, 0.25) is 23.6 Å². The Morgan fingerprint density at radius 2 is 1.69 bits per heavy atom. The molecular formula is C34H36N8O9. The Morgan fingerprint density at radius 3 is 2.35 bits per heavy atom. The molecule has 2 aromatic heterocycles. The van der Waals surface area contributed by atoms with Gasteiger partial charge in [-0.25, -0.2) is 9.78 Å². The van der Waals surface area contributed by atoms with Crippen molar-refractivity contribution >= 4 is 52.5 Å². The van der Waals surface area contributed by atoms with E-state index in [-0.39, 0.29) is 43.0 Å². The van der Waals surface area contributed by atoms with Crippen molar-refractivity contribution in [2.75, 3.05) is 6.61 Å². The molecule has 17 heteroatoms. The number of H-pyrrole nitrogens is 2. The number of amides is 5. The number of para-hydroxylation sites is 1. The van der Waals surface area contributed by atoms with Crippen molar-refractivity contribution in [1.82, 2.24) is 41.5 Å². The molecule has 5 amide bonds. The SMILES string of the molecule is O=C1CC[C@@H](C(=O)N[C@@H](Cc2cnc[nH]2)C(=O)N/C(=C\c2c[nH]c3ccccc23)C(=O)N[C@@H](CO)C(=O)N[C@@H](Cc2ccc(O)cc2)C(=O)O)N1. The lowest BCUT2D eigenvalue weighted by atomic mass is 10.1. The third-order valence-electron chi connectivity index (χ3n) is 8.14. The number of aromatic nitrogens is 3. The fraction of sp³-hybridized carbons (Fsp3) is 0.265. The second-order valence-electron chi connectivity index (χ2n) is 11.8. The molecule has 2 aromatic carbocycles. The van der Waals surface area contributed by atoms with Gasteiger partial charge in [-0.3, -0.25) is 24.0 Å². The van der Waals surface area contributed by atoms with Crippen LogP contribution < -0.4 is 26.6 Å². The van der Waals surface area contributed by atoms with Gasteiger partial charge in [-0.15, -0.1) is 0 Å². The van der Waals surface area contributed by atoms with Crippen molar-refractivity contribution in [3.8, 4) is 5.75 Å². The lowest BCUT2D eigenvalue weighted by Gasteiger charge is -2.23. The lowest BCUT2D eigenvalue weighted by molar-refractivity contribution is -0.142. The molecule has 10 N–H and O–H groups in total. The molecule has 4 atom stereocenters. The van der Waals surface area contributed by atoms with Gasteiger partial charge in [0, 0.05) is 53.8 Å². The minimum absolute atomic E-state index is 0.0291. The molecule has 1 fully saturated rings. The smallest absolute Gasteiger partial charge is 0.326 e. The van der Waals surface area contributed by atoms with Gasteiger partial charge in [0.25, 0.3) is 5.91 Å². The van der Waals surface area contributed by atoms with Gasteiger partial charge in [0.1, 0.15) is 35.6 Å². The number of carbonyl (C=O) groups excluding carboxylic acids is 5. The first kappa shape index (κ1) is 35.8. The Hall–Kier alpha value is -6.49. The molecule has 0 radical (unpaired) electrons. The summed E-state index contributed by atoms with van der Waals surface area (Å²) >= 11 is 0. The lowest BCUT2D eigenvalue weighted by Crippen LogP contribution is -2.56. The summed E-state index contributed by atoms with van der Waals surface area (Å²) in [5, 5.41) is 42.4. The molecule has 17 nitrogen and oxygen atoms in total. The van der Waals surface area contributed by atoms with Crippen molar-refractivity contribution in [2.45, 2.75) is 49.9 Å². The number of hydrogen-bond acceptors (Lipinski definition) is 9. The number of phenols is 1. The highest BCUT2D eigenvalue weighted by Gasteiger charge is 2.32. The number of aliphatic carboxylic acids is 1. The van der Waals surface area contributed by atoms with E-state index in [1.54, 1.807) is 30.5 Å². The Labute approximate surface area is 289 Å². The molecule has 0 aliphatic carbocycles. The first-order chi connectivity index (χ1) is 24.5. The number of carboxylic acid groups (broad SMARTS) is 1. The second kappa shape index (κ2) is 16.3. The molecule has 0 spiro atoms. The Balaban J connectivity index is 1.38. The fourth-order valence-electron chi connectivity index (χ4n) is 5.43. The maximum Gasteiger partial charge on any atom is 0.326 e. The average molecular weight is 701 g/mol. The number of nitrogens with zero attached hydrogens (tertiary/aromatic N) is 1. The van der Waals surface area contributed by atoms with Crippen molar-refractivity contribution in [3.05, 3.63) is 89.8 Å². The zero-order chi connectivity index (χ0) is 36.5. The monoisotopic (exact) mass is 700 g/mol. The highest BCUT2D eigenvalue weighted by atomic mass is 16.4. The van der Waals surface area contributed by atoms with E-state index in [2.05, 4.69) is 41.5 Å². The van der Waals surface area contributed by atoms with Crippen molar-refractivity contribution < 1.29 is 44.1 Å². The first-order valence-electron chi connectivity index (χ1n) is 15.9. The maximum atomic E-state index is 13.8. The Kier molecular flexibility index (Phi) is 11.4. The van der Waals surface area contributed by atoms with E-state index in [4.69, 9.17) is 0 Å². The number of aromatic hydroxyl groups is 1. The number of carbonyl (C=O) groups is 6. The van der Waals surface area contributed by atoms with Crippen molar-refractivity contribution in [1.29, 1.82) is 0 Å². The fourth-order valence-corrected chi connectivity index (χ4v) is 5.43. The van der Waals surface area contributed by atoms with E-state index >= 15 is 0 Å². The summed E-state index contributed by atoms with van der Waals surface area (Å²) in [6.07, 6.45) is 5.93. The molecule has 5 rings (SSSR count). The first-order valence-corrected chi connectivity index (χ1v) is 15.9. The largest absolute Gasteiger partial charge is 0.508 e. The van der Waals surface area contributed by atoms with E-state index in [1.807, 2.05) is 0 Å². The van der Waals surface area contributed by atoms with Crippen LogP contribution in [-0.2, 0) is 41.6 Å². The van der Waals surface area contributed by atoms with Crippen LogP contribution in [0.15, 0.2) is 72.9 Å². The number of hydrogen-bond donors (Lipinski definition) is 10. The van der Waals surface area contributed by atoms with Gasteiger partial charge in [-0.1, -0.05) is 30.3 Å². The molecular weight excluding hydrogens is 664 g/mol. The minimum Gasteiger partial charge on any atom is -0.508 e. The molecule has 51 heavy (non-hydrogen) atoms.